The summed E-state index contributed by atoms with van der Waals surface area (Å²) in [5.74, 6) is -0.130. The predicted octanol–water partition coefficient (Wildman–Crippen LogP) is 2.35. The third-order valence-corrected chi connectivity index (χ3v) is 3.81. The molecule has 1 aromatic heterocycles. The Morgan fingerprint density at radius 1 is 1.41 bits per heavy atom. The Morgan fingerprint density at radius 3 is 2.82 bits per heavy atom. The van der Waals surface area contributed by atoms with Crippen molar-refractivity contribution in [3.05, 3.63) is 48.0 Å². The van der Waals surface area contributed by atoms with Gasteiger partial charge in [0.2, 0.25) is 0 Å². The van der Waals surface area contributed by atoms with Crippen LogP contribution in [0.5, 0.6) is 0 Å². The number of rotatable bonds is 4. The number of hydrogen-bond acceptors (Lipinski definition) is 2. The van der Waals surface area contributed by atoms with Gasteiger partial charge in [-0.3, -0.25) is 8.89 Å². The molecule has 0 N–H and O–H groups in total. The summed E-state index contributed by atoms with van der Waals surface area (Å²) in [5.41, 5.74) is 0.855. The topological polar surface area (TPSA) is 34.9 Å². The maximum atomic E-state index is 13.4. The lowest BCUT2D eigenvalue weighted by Crippen LogP contribution is -1.98. The summed E-state index contributed by atoms with van der Waals surface area (Å²) >= 11 is 0. The maximum Gasteiger partial charge on any atom is 0.139 e. The molecular formula is C12H13FN2OS. The Kier molecular flexibility index (Phi) is 3.68. The fourth-order valence-corrected chi connectivity index (χ4v) is 2.64. The molecule has 2 aromatic rings. The molecule has 0 saturated carbocycles. The van der Waals surface area contributed by atoms with Gasteiger partial charge in [-0.2, -0.15) is 5.10 Å². The minimum Gasteiger partial charge on any atom is -0.273 e. The van der Waals surface area contributed by atoms with Crippen molar-refractivity contribution in [1.82, 2.24) is 9.78 Å². The Hall–Kier alpha value is -1.49. The van der Waals surface area contributed by atoms with E-state index in [1.807, 2.05) is 13.1 Å². The van der Waals surface area contributed by atoms with Crippen molar-refractivity contribution in [3.8, 4) is 0 Å². The second-order valence-electron chi connectivity index (χ2n) is 3.62. The van der Waals surface area contributed by atoms with Crippen LogP contribution in [0.15, 0.2) is 41.6 Å². The molecule has 0 spiro atoms. The van der Waals surface area contributed by atoms with Crippen LogP contribution in [0.3, 0.4) is 0 Å². The van der Waals surface area contributed by atoms with Gasteiger partial charge in [0.05, 0.1) is 27.6 Å². The Labute approximate surface area is 102 Å². The van der Waals surface area contributed by atoms with Gasteiger partial charge in [0.15, 0.2) is 0 Å². The third-order valence-electron chi connectivity index (χ3n) is 2.39. The van der Waals surface area contributed by atoms with Crippen LogP contribution in [0.4, 0.5) is 4.39 Å². The van der Waals surface area contributed by atoms with E-state index in [0.29, 0.717) is 5.75 Å². The maximum absolute atomic E-state index is 13.4. The zero-order valence-electron chi connectivity index (χ0n) is 9.47. The quantitative estimate of drug-likeness (QED) is 0.837. The van der Waals surface area contributed by atoms with Gasteiger partial charge >= 0.3 is 0 Å². The first-order chi connectivity index (χ1) is 8.20. The molecule has 0 saturated heterocycles. The number of nitrogens with zero attached hydrogens (tertiary/aromatic N) is 2. The lowest BCUT2D eigenvalue weighted by atomic mass is 10.3. The molecule has 1 aromatic carbocycles. The average molecular weight is 252 g/mol. The van der Waals surface area contributed by atoms with Gasteiger partial charge in [-0.25, -0.2) is 4.39 Å². The Balaban J connectivity index is 2.14. The van der Waals surface area contributed by atoms with E-state index in [0.717, 1.165) is 12.1 Å². The van der Waals surface area contributed by atoms with E-state index in [9.17, 15) is 8.60 Å². The van der Waals surface area contributed by atoms with E-state index in [2.05, 4.69) is 5.10 Å². The number of aryl methyl sites for hydroxylation is 1. The van der Waals surface area contributed by atoms with Gasteiger partial charge in [0.1, 0.15) is 5.82 Å². The fraction of sp³-hybridized carbons (Fsp3) is 0.250. The zero-order chi connectivity index (χ0) is 12.3. The Bertz CT molecular complexity index is 539. The van der Waals surface area contributed by atoms with Crippen molar-refractivity contribution in [1.29, 1.82) is 0 Å². The highest BCUT2D eigenvalue weighted by atomic mass is 32.2. The minimum atomic E-state index is -1.36. The number of hydrogen-bond donors (Lipinski definition) is 0. The average Bonchev–Trinajstić information content (AvgIpc) is 2.77. The van der Waals surface area contributed by atoms with E-state index in [4.69, 9.17) is 0 Å². The van der Waals surface area contributed by atoms with Crippen LogP contribution in [0, 0.1) is 5.82 Å². The van der Waals surface area contributed by atoms with Crippen LogP contribution < -0.4 is 0 Å². The first-order valence-electron chi connectivity index (χ1n) is 5.35. The summed E-state index contributed by atoms with van der Waals surface area (Å²) in [7, 11) is -1.36. The van der Waals surface area contributed by atoms with Crippen LogP contribution in [-0.4, -0.2) is 14.0 Å². The van der Waals surface area contributed by atoms with Gasteiger partial charge in [0.25, 0.3) is 0 Å². The van der Waals surface area contributed by atoms with Gasteiger partial charge in [-0.1, -0.05) is 12.1 Å². The van der Waals surface area contributed by atoms with E-state index in [1.165, 1.54) is 6.07 Å². The third kappa shape index (κ3) is 2.79. The van der Waals surface area contributed by atoms with Crippen molar-refractivity contribution >= 4 is 10.8 Å². The lowest BCUT2D eigenvalue weighted by Gasteiger charge is -2.01. The van der Waals surface area contributed by atoms with Crippen LogP contribution in [0.25, 0.3) is 0 Å². The Morgan fingerprint density at radius 2 is 2.18 bits per heavy atom. The molecule has 0 amide bonds. The fourth-order valence-electron chi connectivity index (χ4n) is 1.51. The lowest BCUT2D eigenvalue weighted by molar-refractivity contribution is 0.595. The van der Waals surface area contributed by atoms with Crippen molar-refractivity contribution < 1.29 is 8.60 Å². The monoisotopic (exact) mass is 252 g/mol. The van der Waals surface area contributed by atoms with Gasteiger partial charge in [-0.05, 0) is 19.1 Å². The number of benzene rings is 1. The molecule has 0 aliphatic heterocycles. The molecule has 1 atom stereocenters. The number of halogens is 1. The van der Waals surface area contributed by atoms with Crippen LogP contribution in [0.1, 0.15) is 12.5 Å². The molecule has 0 bridgehead atoms. The molecule has 5 heteroatoms. The highest BCUT2D eigenvalue weighted by molar-refractivity contribution is 7.84. The zero-order valence-corrected chi connectivity index (χ0v) is 10.3. The second-order valence-corrected chi connectivity index (χ2v) is 5.04. The largest absolute Gasteiger partial charge is 0.273 e. The highest BCUT2D eigenvalue weighted by Gasteiger charge is 2.10. The van der Waals surface area contributed by atoms with E-state index >= 15 is 0 Å². The summed E-state index contributed by atoms with van der Waals surface area (Å²) in [5, 5.41) is 4.09. The van der Waals surface area contributed by atoms with E-state index in [1.54, 1.807) is 29.1 Å². The smallest absolute Gasteiger partial charge is 0.139 e. The molecule has 90 valence electrons. The molecule has 1 heterocycles. The summed E-state index contributed by atoms with van der Waals surface area (Å²) in [6.07, 6.45) is 3.50. The molecule has 0 radical (unpaired) electrons. The molecule has 1 unspecified atom stereocenters. The number of aromatic nitrogens is 2. The van der Waals surface area contributed by atoms with Crippen LogP contribution >= 0.6 is 0 Å². The molecule has 17 heavy (non-hydrogen) atoms. The van der Waals surface area contributed by atoms with Gasteiger partial charge in [0, 0.05) is 18.3 Å². The van der Waals surface area contributed by atoms with Crippen LogP contribution in [0.2, 0.25) is 0 Å². The predicted molar refractivity (Wildman–Crippen MR) is 64.4 cm³/mol. The SMILES string of the molecule is CCn1cc(CS(=O)c2ccccc2F)cn1. The van der Waals surface area contributed by atoms with Crippen molar-refractivity contribution in [3.63, 3.8) is 0 Å². The standard InChI is InChI=1S/C12H13FN2OS/c1-2-15-8-10(7-14-15)9-17(16)12-6-4-3-5-11(12)13/h3-8H,2,9H2,1H3. The molecule has 3 nitrogen and oxygen atoms in total. The van der Waals surface area contributed by atoms with E-state index < -0.39 is 16.6 Å². The summed E-state index contributed by atoms with van der Waals surface area (Å²) in [4.78, 5) is 0.247. The normalized spacial score (nSPS) is 12.6. The van der Waals surface area contributed by atoms with Crippen molar-refractivity contribution in [2.75, 3.05) is 0 Å². The van der Waals surface area contributed by atoms with Crippen LogP contribution in [-0.2, 0) is 23.1 Å². The molecular weight excluding hydrogens is 239 g/mol. The molecule has 0 aliphatic rings. The second kappa shape index (κ2) is 5.23. The summed E-state index contributed by atoms with van der Waals surface area (Å²) in [6, 6.07) is 6.15. The van der Waals surface area contributed by atoms with E-state index in [-0.39, 0.29) is 4.90 Å². The summed E-state index contributed by atoms with van der Waals surface area (Å²) in [6.45, 7) is 2.75. The molecule has 0 aliphatic carbocycles. The summed E-state index contributed by atoms with van der Waals surface area (Å²) < 4.78 is 27.1. The van der Waals surface area contributed by atoms with Crippen molar-refractivity contribution in [2.45, 2.75) is 24.1 Å². The molecule has 0 fully saturated rings. The first kappa shape index (κ1) is 12.0. The van der Waals surface area contributed by atoms with Crippen molar-refractivity contribution in [2.24, 2.45) is 0 Å². The first-order valence-corrected chi connectivity index (χ1v) is 6.67. The highest BCUT2D eigenvalue weighted by Crippen LogP contribution is 2.15. The van der Waals surface area contributed by atoms with Gasteiger partial charge < -0.3 is 0 Å². The van der Waals surface area contributed by atoms with Gasteiger partial charge in [-0.15, -0.1) is 0 Å². The molecule has 2 rings (SSSR count). The minimum absolute atomic E-state index is 0.247.